The van der Waals surface area contributed by atoms with Crippen LogP contribution in [0.4, 0.5) is 0 Å². The molecular weight excluding hydrogens is 178 g/mol. The first kappa shape index (κ1) is 11.2. The van der Waals surface area contributed by atoms with E-state index in [1.165, 1.54) is 0 Å². The lowest BCUT2D eigenvalue weighted by molar-refractivity contribution is 0.170. The first-order valence-corrected chi connectivity index (χ1v) is 5.00. The Morgan fingerprint density at radius 1 is 1.57 bits per heavy atom. The van der Waals surface area contributed by atoms with Gasteiger partial charge < -0.3 is 15.4 Å². The van der Waals surface area contributed by atoms with Gasteiger partial charge in [-0.2, -0.15) is 0 Å². The summed E-state index contributed by atoms with van der Waals surface area (Å²) >= 11 is 0. The molecule has 4 heteroatoms. The molecule has 1 aromatic rings. The van der Waals surface area contributed by atoms with Gasteiger partial charge in [-0.1, -0.05) is 0 Å². The molecule has 1 rings (SSSR count). The molecule has 0 amide bonds. The number of H-pyrrole nitrogens is 1. The van der Waals surface area contributed by atoms with Gasteiger partial charge in [0.2, 0.25) is 0 Å². The summed E-state index contributed by atoms with van der Waals surface area (Å²) in [5, 5.41) is 12.5. The molecule has 0 aliphatic heterocycles. The molecule has 0 fully saturated rings. The number of aliphatic hydroxyl groups excluding tert-OH is 1. The molecule has 80 valence electrons. The van der Waals surface area contributed by atoms with Gasteiger partial charge in [0, 0.05) is 24.5 Å². The van der Waals surface area contributed by atoms with Crippen LogP contribution in [-0.4, -0.2) is 27.2 Å². The zero-order valence-corrected chi connectivity index (χ0v) is 9.04. The Kier molecular flexibility index (Phi) is 4.10. The van der Waals surface area contributed by atoms with Crippen molar-refractivity contribution in [2.24, 2.45) is 0 Å². The SMILES string of the molecule is Cc1ncc(CNC(C)CC(C)O)[nH]1. The van der Waals surface area contributed by atoms with E-state index in [1.807, 2.05) is 13.1 Å². The first-order chi connectivity index (χ1) is 6.58. The van der Waals surface area contributed by atoms with Crippen LogP contribution in [-0.2, 0) is 6.54 Å². The summed E-state index contributed by atoms with van der Waals surface area (Å²) in [6, 6.07) is 0.318. The molecular formula is C10H19N3O. The predicted octanol–water partition coefficient (Wildman–Crippen LogP) is 0.967. The zero-order valence-electron chi connectivity index (χ0n) is 9.04. The van der Waals surface area contributed by atoms with Crippen molar-refractivity contribution in [1.82, 2.24) is 15.3 Å². The maximum atomic E-state index is 9.16. The molecule has 0 aromatic carbocycles. The smallest absolute Gasteiger partial charge is 0.103 e. The molecule has 0 aliphatic rings. The zero-order chi connectivity index (χ0) is 10.6. The summed E-state index contributed by atoms with van der Waals surface area (Å²) in [5.74, 6) is 0.935. The summed E-state index contributed by atoms with van der Waals surface area (Å²) in [5.41, 5.74) is 1.08. The molecule has 0 saturated carbocycles. The van der Waals surface area contributed by atoms with Crippen LogP contribution < -0.4 is 5.32 Å². The lowest BCUT2D eigenvalue weighted by atomic mass is 10.1. The van der Waals surface area contributed by atoms with E-state index < -0.39 is 0 Å². The fraction of sp³-hybridized carbons (Fsp3) is 0.700. The van der Waals surface area contributed by atoms with Crippen molar-refractivity contribution in [2.45, 2.75) is 45.9 Å². The number of nitrogens with zero attached hydrogens (tertiary/aromatic N) is 1. The Hall–Kier alpha value is -0.870. The molecule has 0 spiro atoms. The highest BCUT2D eigenvalue weighted by Crippen LogP contribution is 1.99. The molecule has 4 nitrogen and oxygen atoms in total. The average Bonchev–Trinajstić information content (AvgIpc) is 2.47. The van der Waals surface area contributed by atoms with E-state index in [9.17, 15) is 0 Å². The summed E-state index contributed by atoms with van der Waals surface area (Å²) in [6.07, 6.45) is 2.35. The Bertz CT molecular complexity index is 270. The van der Waals surface area contributed by atoms with Crippen LogP contribution in [0.15, 0.2) is 6.20 Å². The highest BCUT2D eigenvalue weighted by Gasteiger charge is 2.05. The molecule has 1 aromatic heterocycles. The topological polar surface area (TPSA) is 60.9 Å². The Balaban J connectivity index is 2.26. The maximum Gasteiger partial charge on any atom is 0.103 e. The fourth-order valence-electron chi connectivity index (χ4n) is 1.44. The third-order valence-corrected chi connectivity index (χ3v) is 2.09. The molecule has 1 heterocycles. The van der Waals surface area contributed by atoms with Gasteiger partial charge in [0.05, 0.1) is 6.10 Å². The van der Waals surface area contributed by atoms with Gasteiger partial charge in [-0.3, -0.25) is 0 Å². The van der Waals surface area contributed by atoms with Crippen LogP contribution in [0.5, 0.6) is 0 Å². The predicted molar refractivity (Wildman–Crippen MR) is 55.9 cm³/mol. The van der Waals surface area contributed by atoms with Crippen molar-refractivity contribution >= 4 is 0 Å². The maximum absolute atomic E-state index is 9.16. The largest absolute Gasteiger partial charge is 0.393 e. The van der Waals surface area contributed by atoms with E-state index in [0.717, 1.165) is 24.5 Å². The second kappa shape index (κ2) is 5.12. The third kappa shape index (κ3) is 3.89. The van der Waals surface area contributed by atoms with Gasteiger partial charge in [0.15, 0.2) is 0 Å². The van der Waals surface area contributed by atoms with Crippen molar-refractivity contribution in [2.75, 3.05) is 0 Å². The number of aromatic nitrogens is 2. The molecule has 0 radical (unpaired) electrons. The molecule has 2 unspecified atom stereocenters. The monoisotopic (exact) mass is 197 g/mol. The quantitative estimate of drug-likeness (QED) is 0.659. The number of nitrogens with one attached hydrogen (secondary N) is 2. The van der Waals surface area contributed by atoms with E-state index in [2.05, 4.69) is 22.2 Å². The van der Waals surface area contributed by atoms with E-state index in [1.54, 1.807) is 6.92 Å². The summed E-state index contributed by atoms with van der Waals surface area (Å²) in [6.45, 7) is 6.58. The van der Waals surface area contributed by atoms with Crippen LogP contribution in [0, 0.1) is 6.92 Å². The first-order valence-electron chi connectivity index (χ1n) is 5.00. The fourth-order valence-corrected chi connectivity index (χ4v) is 1.44. The molecule has 0 saturated heterocycles. The summed E-state index contributed by atoms with van der Waals surface area (Å²) in [4.78, 5) is 7.26. The minimum absolute atomic E-state index is 0.249. The number of aromatic amines is 1. The minimum Gasteiger partial charge on any atom is -0.393 e. The van der Waals surface area contributed by atoms with Gasteiger partial charge in [-0.05, 0) is 27.2 Å². The highest BCUT2D eigenvalue weighted by molar-refractivity contribution is 4.99. The van der Waals surface area contributed by atoms with Crippen LogP contribution in [0.2, 0.25) is 0 Å². The standard InChI is InChI=1S/C10H19N3O/c1-7(4-8(2)14)11-5-10-6-12-9(3)13-10/h6-8,11,14H,4-5H2,1-3H3,(H,12,13). The third-order valence-electron chi connectivity index (χ3n) is 2.09. The Morgan fingerprint density at radius 2 is 2.29 bits per heavy atom. The summed E-state index contributed by atoms with van der Waals surface area (Å²) in [7, 11) is 0. The average molecular weight is 197 g/mol. The second-order valence-electron chi connectivity index (χ2n) is 3.86. The van der Waals surface area contributed by atoms with Crippen LogP contribution in [0.25, 0.3) is 0 Å². The van der Waals surface area contributed by atoms with E-state index in [4.69, 9.17) is 5.11 Å². The second-order valence-corrected chi connectivity index (χ2v) is 3.86. The van der Waals surface area contributed by atoms with Crippen LogP contribution >= 0.6 is 0 Å². The molecule has 0 aliphatic carbocycles. The van der Waals surface area contributed by atoms with Gasteiger partial charge >= 0.3 is 0 Å². The van der Waals surface area contributed by atoms with Crippen molar-refractivity contribution in [3.05, 3.63) is 17.7 Å². The molecule has 3 N–H and O–H groups in total. The minimum atomic E-state index is -0.249. The van der Waals surface area contributed by atoms with Gasteiger partial charge in [0.25, 0.3) is 0 Å². The number of rotatable bonds is 5. The molecule has 0 bridgehead atoms. The molecule has 14 heavy (non-hydrogen) atoms. The number of aliphatic hydroxyl groups is 1. The van der Waals surface area contributed by atoms with E-state index >= 15 is 0 Å². The van der Waals surface area contributed by atoms with Gasteiger partial charge in [-0.15, -0.1) is 0 Å². The highest BCUT2D eigenvalue weighted by atomic mass is 16.3. The van der Waals surface area contributed by atoms with Crippen molar-refractivity contribution in [1.29, 1.82) is 0 Å². The van der Waals surface area contributed by atoms with Crippen LogP contribution in [0.3, 0.4) is 0 Å². The Morgan fingerprint density at radius 3 is 2.79 bits per heavy atom. The van der Waals surface area contributed by atoms with Crippen molar-refractivity contribution in [3.63, 3.8) is 0 Å². The number of hydrogen-bond acceptors (Lipinski definition) is 3. The van der Waals surface area contributed by atoms with Gasteiger partial charge in [0.1, 0.15) is 5.82 Å². The van der Waals surface area contributed by atoms with E-state index in [-0.39, 0.29) is 6.10 Å². The Labute approximate surface area is 84.8 Å². The van der Waals surface area contributed by atoms with Crippen molar-refractivity contribution < 1.29 is 5.11 Å². The number of imidazole rings is 1. The van der Waals surface area contributed by atoms with Crippen molar-refractivity contribution in [3.8, 4) is 0 Å². The number of aryl methyl sites for hydroxylation is 1. The van der Waals surface area contributed by atoms with E-state index in [0.29, 0.717) is 6.04 Å². The summed E-state index contributed by atoms with van der Waals surface area (Å²) < 4.78 is 0. The van der Waals surface area contributed by atoms with Gasteiger partial charge in [-0.25, -0.2) is 4.98 Å². The number of hydrogen-bond donors (Lipinski definition) is 3. The van der Waals surface area contributed by atoms with Crippen LogP contribution in [0.1, 0.15) is 31.8 Å². The molecule has 2 atom stereocenters. The lowest BCUT2D eigenvalue weighted by Crippen LogP contribution is -2.28. The lowest BCUT2D eigenvalue weighted by Gasteiger charge is -2.14. The normalized spacial score (nSPS) is 15.4.